The first-order valence-electron chi connectivity index (χ1n) is 17.5. The minimum atomic E-state index is -4.31. The number of benzene rings is 4. The summed E-state index contributed by atoms with van der Waals surface area (Å²) in [6.45, 7) is 2.86. The van der Waals surface area contributed by atoms with Gasteiger partial charge >= 0.3 is 12.4 Å². The van der Waals surface area contributed by atoms with Crippen molar-refractivity contribution in [1.29, 1.82) is 0 Å². The molecule has 6 aromatic rings. The van der Waals surface area contributed by atoms with Crippen molar-refractivity contribution in [3.8, 4) is 0 Å². The van der Waals surface area contributed by atoms with Gasteiger partial charge in [-0.15, -0.1) is 24.8 Å². The molecule has 0 amide bonds. The largest absolute Gasteiger partial charge is 0.416 e. The molecule has 4 N–H and O–H groups in total. The third-order valence-corrected chi connectivity index (χ3v) is 10.2. The second-order valence-electron chi connectivity index (χ2n) is 13.6. The number of aromatic amines is 2. The van der Waals surface area contributed by atoms with E-state index < -0.39 is 23.5 Å². The molecule has 3 atom stereocenters. The van der Waals surface area contributed by atoms with Gasteiger partial charge in [0.25, 0.3) is 0 Å². The molecule has 0 aliphatic heterocycles. The lowest BCUT2D eigenvalue weighted by molar-refractivity contribution is -0.138. The Hall–Kier alpha value is -3.96. The Morgan fingerprint density at radius 2 is 1.11 bits per heavy atom. The highest BCUT2D eigenvalue weighted by molar-refractivity contribution is 5.87. The molecule has 53 heavy (non-hydrogen) atoms. The highest BCUT2D eigenvalue weighted by atomic mass is 35.5. The van der Waals surface area contributed by atoms with Crippen molar-refractivity contribution in [2.45, 2.75) is 82.5 Å². The second kappa shape index (κ2) is 16.6. The van der Waals surface area contributed by atoms with Gasteiger partial charge < -0.3 is 20.6 Å². The van der Waals surface area contributed by atoms with Crippen LogP contribution in [0, 0.1) is 0 Å². The molecule has 0 bridgehead atoms. The molecule has 2 aromatic heterocycles. The summed E-state index contributed by atoms with van der Waals surface area (Å²) < 4.78 is 78.3. The number of halogens is 8. The Kier molecular flexibility index (Phi) is 12.6. The molecule has 12 heteroatoms. The van der Waals surface area contributed by atoms with Gasteiger partial charge in [0.15, 0.2) is 0 Å². The van der Waals surface area contributed by atoms with Crippen LogP contribution in [0.15, 0.2) is 97.1 Å². The fraction of sp³-hybridized carbons (Fsp3) is 0.317. The zero-order valence-electron chi connectivity index (χ0n) is 29.0. The summed E-state index contributed by atoms with van der Waals surface area (Å²) in [5.41, 5.74) is 6.93. The van der Waals surface area contributed by atoms with Gasteiger partial charge in [0.05, 0.1) is 11.1 Å². The van der Waals surface area contributed by atoms with Crippen molar-refractivity contribution >= 4 is 46.6 Å². The molecule has 2 unspecified atom stereocenters. The summed E-state index contributed by atoms with van der Waals surface area (Å²) in [5, 5.41) is 8.60. The van der Waals surface area contributed by atoms with E-state index in [4.69, 9.17) is 0 Å². The lowest BCUT2D eigenvalue weighted by atomic mass is 9.90. The fourth-order valence-corrected chi connectivity index (χ4v) is 7.63. The van der Waals surface area contributed by atoms with E-state index in [9.17, 15) is 26.3 Å². The molecule has 0 fully saturated rings. The van der Waals surface area contributed by atoms with Gasteiger partial charge in [-0.2, -0.15) is 26.3 Å². The molecule has 2 aliphatic carbocycles. The fourth-order valence-electron chi connectivity index (χ4n) is 7.63. The van der Waals surface area contributed by atoms with Crippen molar-refractivity contribution in [3.05, 3.63) is 142 Å². The monoisotopic (exact) mass is 774 g/mol. The molecular formula is C41H42Cl2F6N4. The Labute approximate surface area is 317 Å². The predicted octanol–water partition coefficient (Wildman–Crippen LogP) is 12.1. The van der Waals surface area contributed by atoms with Crippen molar-refractivity contribution in [1.82, 2.24) is 20.6 Å². The standard InChI is InChI=1S/C21H21F3N2.C20H19F3N2.2ClH/c1-13(14-6-3-2-4-7-14)25-19-9-5-8-16-17-12-15(21(22,23)24)10-11-18(17)26-20(16)19;21-20(22,23)14-9-10-17-16(11-14)15-7-4-8-18(19(15)25-17)24-12-13-5-2-1-3-6-13;;/h2-4,6-7,10-13,19,25-26H,5,8-9H2,1H3;1-3,5-6,9-11,18,24-25H,4,7-8,12H2;2*1H/t13-,19?;;;/m1.../s1. The number of alkyl halides is 6. The number of hydrogen-bond donors (Lipinski definition) is 4. The van der Waals surface area contributed by atoms with Gasteiger partial charge in [0.1, 0.15) is 0 Å². The number of fused-ring (bicyclic) bond motifs is 6. The van der Waals surface area contributed by atoms with Crippen LogP contribution in [-0.4, -0.2) is 9.97 Å². The van der Waals surface area contributed by atoms with E-state index in [-0.39, 0.29) is 42.9 Å². The van der Waals surface area contributed by atoms with Crippen molar-refractivity contribution < 1.29 is 26.3 Å². The van der Waals surface area contributed by atoms with E-state index in [0.29, 0.717) is 10.8 Å². The SMILES string of the molecule is C[C@@H](NC1CCCc2c1[nH]c1ccc(C(F)(F)F)cc21)c1ccccc1.Cl.Cl.FC(F)(F)c1ccc2[nH]c3c(c2c1)CCCC3NCc1ccccc1. The zero-order valence-corrected chi connectivity index (χ0v) is 30.6. The van der Waals surface area contributed by atoms with Crippen molar-refractivity contribution in [3.63, 3.8) is 0 Å². The number of nitrogens with one attached hydrogen (secondary N) is 4. The van der Waals surface area contributed by atoms with Crippen LogP contribution in [-0.2, 0) is 31.7 Å². The normalized spacial score (nSPS) is 17.5. The summed E-state index contributed by atoms with van der Waals surface area (Å²) in [7, 11) is 0. The van der Waals surface area contributed by atoms with Gasteiger partial charge in [-0.3, -0.25) is 0 Å². The van der Waals surface area contributed by atoms with Crippen LogP contribution in [0.25, 0.3) is 21.8 Å². The van der Waals surface area contributed by atoms with Crippen molar-refractivity contribution in [2.24, 2.45) is 0 Å². The Balaban J connectivity index is 0.000000197. The highest BCUT2D eigenvalue weighted by Gasteiger charge is 2.33. The molecule has 4 aromatic carbocycles. The smallest absolute Gasteiger partial charge is 0.357 e. The Morgan fingerprint density at radius 1 is 0.642 bits per heavy atom. The molecular weight excluding hydrogens is 733 g/mol. The van der Waals surface area contributed by atoms with Gasteiger partial charge in [0.2, 0.25) is 0 Å². The molecule has 0 spiro atoms. The predicted molar refractivity (Wildman–Crippen MR) is 204 cm³/mol. The maximum Gasteiger partial charge on any atom is 0.416 e. The minimum absolute atomic E-state index is 0. The van der Waals surface area contributed by atoms with Gasteiger partial charge in [-0.25, -0.2) is 0 Å². The maximum absolute atomic E-state index is 13.1. The average Bonchev–Trinajstić information content (AvgIpc) is 3.70. The van der Waals surface area contributed by atoms with Crippen LogP contribution in [0.1, 0.15) is 95.5 Å². The third kappa shape index (κ3) is 8.89. The van der Waals surface area contributed by atoms with Gasteiger partial charge in [-0.05, 0) is 104 Å². The topological polar surface area (TPSA) is 55.6 Å². The van der Waals surface area contributed by atoms with E-state index in [1.165, 1.54) is 23.3 Å². The van der Waals surface area contributed by atoms with Crippen molar-refractivity contribution in [2.75, 3.05) is 0 Å². The van der Waals surface area contributed by atoms with Crippen LogP contribution >= 0.6 is 24.8 Å². The maximum atomic E-state index is 13.1. The van der Waals surface area contributed by atoms with Gasteiger partial charge in [0, 0.05) is 57.9 Å². The van der Waals surface area contributed by atoms with Crippen LogP contribution < -0.4 is 10.6 Å². The summed E-state index contributed by atoms with van der Waals surface area (Å²) in [5.74, 6) is 0. The lowest BCUT2D eigenvalue weighted by Gasteiger charge is -2.27. The summed E-state index contributed by atoms with van der Waals surface area (Å²) in [4.78, 5) is 6.72. The number of rotatable bonds is 6. The number of hydrogen-bond acceptors (Lipinski definition) is 2. The molecule has 0 radical (unpaired) electrons. The molecule has 4 nitrogen and oxygen atoms in total. The minimum Gasteiger partial charge on any atom is -0.357 e. The number of H-pyrrole nitrogens is 2. The molecule has 8 rings (SSSR count). The first kappa shape index (κ1) is 40.2. The molecule has 0 saturated heterocycles. The number of aryl methyl sites for hydroxylation is 2. The van der Waals surface area contributed by atoms with E-state index >= 15 is 0 Å². The lowest BCUT2D eigenvalue weighted by Crippen LogP contribution is -2.27. The van der Waals surface area contributed by atoms with Gasteiger partial charge in [-0.1, -0.05) is 60.7 Å². The molecule has 282 valence electrons. The third-order valence-electron chi connectivity index (χ3n) is 10.2. The van der Waals surface area contributed by atoms with E-state index in [0.717, 1.165) is 90.8 Å². The Bertz CT molecular complexity index is 2110. The quantitative estimate of drug-likeness (QED) is 0.127. The molecule has 0 saturated carbocycles. The van der Waals surface area contributed by atoms with Crippen LogP contribution in [0.5, 0.6) is 0 Å². The van der Waals surface area contributed by atoms with Crippen LogP contribution in [0.3, 0.4) is 0 Å². The molecule has 2 aliphatic rings. The summed E-state index contributed by atoms with van der Waals surface area (Å²) in [6, 6.07) is 28.7. The second-order valence-corrected chi connectivity index (χ2v) is 13.6. The van der Waals surface area contributed by atoms with E-state index in [1.807, 2.05) is 36.4 Å². The van der Waals surface area contributed by atoms with Crippen LogP contribution in [0.4, 0.5) is 26.3 Å². The Morgan fingerprint density at radius 3 is 1.62 bits per heavy atom. The first-order valence-corrected chi connectivity index (χ1v) is 17.5. The molecule has 2 heterocycles. The average molecular weight is 776 g/mol. The van der Waals surface area contributed by atoms with Crippen LogP contribution in [0.2, 0.25) is 0 Å². The highest BCUT2D eigenvalue weighted by Crippen LogP contribution is 2.40. The summed E-state index contributed by atoms with van der Waals surface area (Å²) in [6.07, 6.45) is -3.08. The first-order chi connectivity index (χ1) is 24.5. The van der Waals surface area contributed by atoms with E-state index in [2.05, 4.69) is 51.8 Å². The summed E-state index contributed by atoms with van der Waals surface area (Å²) >= 11 is 0. The number of aromatic nitrogens is 2. The zero-order chi connectivity index (χ0) is 35.8. The van der Waals surface area contributed by atoms with E-state index in [1.54, 1.807) is 12.1 Å².